The number of benzene rings is 2. The summed E-state index contributed by atoms with van der Waals surface area (Å²) in [6, 6.07) is 15.0. The van der Waals surface area contributed by atoms with E-state index in [9.17, 15) is 9.90 Å². The number of carbonyl (C=O) groups excluding carboxylic acids is 1. The van der Waals surface area contributed by atoms with Crippen molar-refractivity contribution in [3.63, 3.8) is 0 Å². The molecule has 0 bridgehead atoms. The van der Waals surface area contributed by atoms with E-state index in [0.717, 1.165) is 24.3 Å². The summed E-state index contributed by atoms with van der Waals surface area (Å²) in [6.45, 7) is 1.54. The van der Waals surface area contributed by atoms with Crippen LogP contribution in [-0.2, 0) is 13.0 Å². The van der Waals surface area contributed by atoms with E-state index in [1.807, 2.05) is 36.4 Å². The zero-order valence-corrected chi connectivity index (χ0v) is 12.0. The molecule has 2 N–H and O–H groups in total. The predicted molar refractivity (Wildman–Crippen MR) is 78.0 cm³/mol. The number of ether oxygens (including phenoxy) is 1. The number of carboxylic acids is 1. The van der Waals surface area contributed by atoms with Crippen LogP contribution in [0.3, 0.4) is 0 Å². The fourth-order valence-electron chi connectivity index (χ4n) is 2.22. The molecule has 0 aliphatic heterocycles. The summed E-state index contributed by atoms with van der Waals surface area (Å²) in [6.07, 6.45) is 0.928. The molecule has 0 saturated heterocycles. The molecular formula is C17H19NO3. The molecule has 4 nitrogen and oxygen atoms in total. The molecule has 2 aromatic rings. The molecule has 0 unspecified atom stereocenters. The van der Waals surface area contributed by atoms with E-state index in [2.05, 4.69) is 5.32 Å². The highest BCUT2D eigenvalue weighted by Gasteiger charge is 2.04. The van der Waals surface area contributed by atoms with Crippen molar-refractivity contribution >= 4 is 5.97 Å². The number of hydrogen-bond acceptors (Lipinski definition) is 3. The van der Waals surface area contributed by atoms with Gasteiger partial charge in [-0.15, -0.1) is 0 Å². The molecule has 0 saturated carbocycles. The Balaban J connectivity index is 1.83. The summed E-state index contributed by atoms with van der Waals surface area (Å²) in [4.78, 5) is 11.0. The van der Waals surface area contributed by atoms with Gasteiger partial charge in [-0.3, -0.25) is 0 Å². The molecule has 4 heteroatoms. The Morgan fingerprint density at radius 2 is 1.86 bits per heavy atom. The number of nitrogens with two attached hydrogens (primary N) is 1. The lowest BCUT2D eigenvalue weighted by Crippen LogP contribution is -2.83. The summed E-state index contributed by atoms with van der Waals surface area (Å²) >= 11 is 0. The molecule has 0 fully saturated rings. The molecule has 0 aliphatic rings. The van der Waals surface area contributed by atoms with Crippen molar-refractivity contribution in [3.05, 3.63) is 65.2 Å². The van der Waals surface area contributed by atoms with Gasteiger partial charge in [-0.05, 0) is 17.7 Å². The quantitative estimate of drug-likeness (QED) is 0.747. The van der Waals surface area contributed by atoms with E-state index in [1.165, 1.54) is 5.56 Å². The van der Waals surface area contributed by atoms with Crippen molar-refractivity contribution in [2.75, 3.05) is 13.7 Å². The minimum absolute atomic E-state index is 0.276. The second kappa shape index (κ2) is 7.45. The van der Waals surface area contributed by atoms with Gasteiger partial charge >= 0.3 is 0 Å². The summed E-state index contributed by atoms with van der Waals surface area (Å²) < 4.78 is 5.12. The van der Waals surface area contributed by atoms with Crippen LogP contribution in [0.4, 0.5) is 0 Å². The van der Waals surface area contributed by atoms with Gasteiger partial charge < -0.3 is 20.0 Å². The fraction of sp³-hybridized carbons (Fsp3) is 0.235. The largest absolute Gasteiger partial charge is 0.545 e. The first-order valence-corrected chi connectivity index (χ1v) is 6.94. The van der Waals surface area contributed by atoms with E-state index < -0.39 is 5.97 Å². The minimum Gasteiger partial charge on any atom is -0.545 e. The van der Waals surface area contributed by atoms with Gasteiger partial charge in [0.2, 0.25) is 0 Å². The van der Waals surface area contributed by atoms with Gasteiger partial charge in [0.1, 0.15) is 12.3 Å². The van der Waals surface area contributed by atoms with Crippen molar-refractivity contribution in [1.29, 1.82) is 0 Å². The van der Waals surface area contributed by atoms with Gasteiger partial charge in [0.15, 0.2) is 0 Å². The van der Waals surface area contributed by atoms with Crippen LogP contribution >= 0.6 is 0 Å². The highest BCUT2D eigenvalue weighted by atomic mass is 16.5. The number of hydrogen-bond donors (Lipinski definition) is 1. The standard InChI is InChI=1S/C17H19NO3/c1-21-15-8-6-13(7-9-15)10-11-18-12-14-4-2-3-5-16(14)17(19)20/h2-9,18H,10-12H2,1H3,(H,19,20). The van der Waals surface area contributed by atoms with Crippen molar-refractivity contribution in [3.8, 4) is 5.75 Å². The second-order valence-electron chi connectivity index (χ2n) is 4.82. The average Bonchev–Trinajstić information content (AvgIpc) is 2.52. The monoisotopic (exact) mass is 285 g/mol. The number of aromatic carboxylic acids is 1. The van der Waals surface area contributed by atoms with Crippen LogP contribution < -0.4 is 15.2 Å². The van der Waals surface area contributed by atoms with Gasteiger partial charge in [0.05, 0.1) is 19.6 Å². The zero-order valence-electron chi connectivity index (χ0n) is 12.0. The normalized spacial score (nSPS) is 10.3. The van der Waals surface area contributed by atoms with Crippen LogP contribution in [0, 0.1) is 0 Å². The number of quaternary nitrogens is 1. The lowest BCUT2D eigenvalue weighted by Gasteiger charge is -2.09. The van der Waals surface area contributed by atoms with Crippen LogP contribution in [0.15, 0.2) is 48.5 Å². The van der Waals surface area contributed by atoms with Crippen molar-refractivity contribution in [2.24, 2.45) is 0 Å². The van der Waals surface area contributed by atoms with Crippen LogP contribution in [0.5, 0.6) is 5.75 Å². The third-order valence-electron chi connectivity index (χ3n) is 3.40. The van der Waals surface area contributed by atoms with Crippen molar-refractivity contribution in [2.45, 2.75) is 13.0 Å². The number of carboxylic acid groups (broad SMARTS) is 1. The summed E-state index contributed by atoms with van der Waals surface area (Å²) in [5, 5.41) is 13.1. The maximum Gasteiger partial charge on any atom is 0.118 e. The predicted octanol–water partition coefficient (Wildman–Crippen LogP) is 0.365. The van der Waals surface area contributed by atoms with Crippen LogP contribution in [-0.4, -0.2) is 19.6 Å². The zero-order chi connectivity index (χ0) is 15.1. The van der Waals surface area contributed by atoms with Crippen LogP contribution in [0.1, 0.15) is 21.5 Å². The van der Waals surface area contributed by atoms with E-state index >= 15 is 0 Å². The minimum atomic E-state index is -1.12. The molecule has 0 heterocycles. The van der Waals surface area contributed by atoms with Gasteiger partial charge in [-0.25, -0.2) is 0 Å². The topological polar surface area (TPSA) is 66.0 Å². The van der Waals surface area contributed by atoms with Gasteiger partial charge in [-0.1, -0.05) is 36.4 Å². The lowest BCUT2D eigenvalue weighted by atomic mass is 10.1. The Bertz CT molecular complexity index is 593. The SMILES string of the molecule is COc1ccc(CC[NH2+]Cc2ccccc2C(=O)[O-])cc1. The summed E-state index contributed by atoms with van der Waals surface area (Å²) in [7, 11) is 1.65. The van der Waals surface area contributed by atoms with E-state index in [0.29, 0.717) is 6.54 Å². The van der Waals surface area contributed by atoms with E-state index in [-0.39, 0.29) is 5.56 Å². The van der Waals surface area contributed by atoms with E-state index in [1.54, 1.807) is 19.2 Å². The smallest absolute Gasteiger partial charge is 0.118 e. The van der Waals surface area contributed by atoms with Crippen LogP contribution in [0.2, 0.25) is 0 Å². The Kier molecular flexibility index (Phi) is 5.35. The molecule has 0 radical (unpaired) electrons. The first-order valence-electron chi connectivity index (χ1n) is 6.94. The Labute approximate surface area is 124 Å². The molecule has 2 aromatic carbocycles. The number of carbonyl (C=O) groups is 1. The summed E-state index contributed by atoms with van der Waals surface area (Å²) in [5.41, 5.74) is 2.31. The highest BCUT2D eigenvalue weighted by Crippen LogP contribution is 2.11. The first-order chi connectivity index (χ1) is 10.2. The lowest BCUT2D eigenvalue weighted by molar-refractivity contribution is -0.670. The molecule has 0 spiro atoms. The fourth-order valence-corrected chi connectivity index (χ4v) is 2.22. The van der Waals surface area contributed by atoms with E-state index in [4.69, 9.17) is 4.74 Å². The van der Waals surface area contributed by atoms with Crippen LogP contribution in [0.25, 0.3) is 0 Å². The molecule has 0 aliphatic carbocycles. The maximum atomic E-state index is 11.0. The Hall–Kier alpha value is -2.33. The molecule has 0 aromatic heterocycles. The summed E-state index contributed by atoms with van der Waals surface area (Å²) in [5.74, 6) is -0.264. The first kappa shape index (κ1) is 15.1. The second-order valence-corrected chi connectivity index (χ2v) is 4.82. The molecule has 0 amide bonds. The van der Waals surface area contributed by atoms with Crippen molar-refractivity contribution in [1.82, 2.24) is 0 Å². The van der Waals surface area contributed by atoms with Crippen molar-refractivity contribution < 1.29 is 20.0 Å². The molecular weight excluding hydrogens is 266 g/mol. The number of rotatable bonds is 7. The average molecular weight is 285 g/mol. The van der Waals surface area contributed by atoms with Gasteiger partial charge in [-0.2, -0.15) is 0 Å². The van der Waals surface area contributed by atoms with Gasteiger partial charge in [0.25, 0.3) is 0 Å². The Morgan fingerprint density at radius 3 is 2.52 bits per heavy atom. The molecule has 2 rings (SSSR count). The molecule has 21 heavy (non-hydrogen) atoms. The van der Waals surface area contributed by atoms with Gasteiger partial charge in [0, 0.05) is 17.5 Å². The number of methoxy groups -OCH3 is 1. The maximum absolute atomic E-state index is 11.0. The molecule has 110 valence electrons. The third kappa shape index (κ3) is 4.33. The third-order valence-corrected chi connectivity index (χ3v) is 3.40. The Morgan fingerprint density at radius 1 is 1.14 bits per heavy atom. The highest BCUT2D eigenvalue weighted by molar-refractivity contribution is 5.87. The molecule has 0 atom stereocenters.